The molecule has 2 aromatic carbocycles. The maximum Gasteiger partial charge on any atom is 0.231 e. The zero-order chi connectivity index (χ0) is 23.7. The van der Waals surface area contributed by atoms with E-state index in [0.717, 1.165) is 89.2 Å². The van der Waals surface area contributed by atoms with Gasteiger partial charge in [0.25, 0.3) is 0 Å². The lowest BCUT2D eigenvalue weighted by molar-refractivity contribution is -0.688. The molecule has 4 aliphatic rings. The Morgan fingerprint density at radius 2 is 1.69 bits per heavy atom. The van der Waals surface area contributed by atoms with Crippen LogP contribution in [0.2, 0.25) is 0 Å². The molecule has 0 bridgehead atoms. The van der Waals surface area contributed by atoms with Crippen LogP contribution in [0.1, 0.15) is 48.9 Å². The molecular formula is C29H28ClNO5. The Morgan fingerprint density at radius 1 is 0.972 bits per heavy atom. The molecular weight excluding hydrogens is 478 g/mol. The molecule has 6 nitrogen and oxygen atoms in total. The first-order valence-corrected chi connectivity index (χ1v) is 12.6. The number of fused-ring (bicyclic) bond motifs is 7. The van der Waals surface area contributed by atoms with Crippen LogP contribution in [0.25, 0.3) is 27.6 Å². The van der Waals surface area contributed by atoms with Crippen LogP contribution in [-0.4, -0.2) is 19.4 Å². The second-order valence-corrected chi connectivity index (χ2v) is 9.99. The van der Waals surface area contributed by atoms with Gasteiger partial charge in [0.05, 0.1) is 11.1 Å². The first-order chi connectivity index (χ1) is 17.1. The summed E-state index contributed by atoms with van der Waals surface area (Å²) in [6.07, 6.45) is 6.14. The largest absolute Gasteiger partial charge is 1.00 e. The number of carbonyl (C=O) groups is 1. The number of rotatable bonds is 3. The molecule has 186 valence electrons. The van der Waals surface area contributed by atoms with Gasteiger partial charge in [-0.2, -0.15) is 4.57 Å². The van der Waals surface area contributed by atoms with Crippen LogP contribution in [-0.2, 0) is 17.8 Å². The predicted molar refractivity (Wildman–Crippen MR) is 131 cm³/mol. The summed E-state index contributed by atoms with van der Waals surface area (Å²) in [6.45, 7) is 7.74. The monoisotopic (exact) mass is 505 g/mol. The van der Waals surface area contributed by atoms with Crippen molar-refractivity contribution >= 4 is 22.1 Å². The average molecular weight is 506 g/mol. The van der Waals surface area contributed by atoms with Crippen molar-refractivity contribution in [2.45, 2.75) is 52.0 Å². The summed E-state index contributed by atoms with van der Waals surface area (Å²) in [7, 11) is 0. The molecule has 0 spiro atoms. The van der Waals surface area contributed by atoms with Crippen molar-refractivity contribution < 1.29 is 40.7 Å². The number of Topliss-reactive ketones (excluding diaryl/α,β-unsaturated/α-hetero) is 1. The van der Waals surface area contributed by atoms with E-state index in [1.165, 1.54) is 12.0 Å². The van der Waals surface area contributed by atoms with Gasteiger partial charge in [0.2, 0.25) is 25.0 Å². The number of pyridine rings is 1. The third kappa shape index (κ3) is 3.30. The number of hydrogen-bond acceptors (Lipinski definition) is 5. The van der Waals surface area contributed by atoms with Gasteiger partial charge in [0, 0.05) is 23.3 Å². The van der Waals surface area contributed by atoms with E-state index in [0.29, 0.717) is 11.3 Å². The molecule has 0 radical (unpaired) electrons. The van der Waals surface area contributed by atoms with Gasteiger partial charge in [0.15, 0.2) is 35.3 Å². The van der Waals surface area contributed by atoms with Gasteiger partial charge in [-0.3, -0.25) is 4.79 Å². The van der Waals surface area contributed by atoms with Crippen molar-refractivity contribution in [3.8, 4) is 34.3 Å². The lowest BCUT2D eigenvalue weighted by Crippen LogP contribution is -3.00. The van der Waals surface area contributed by atoms with Crippen LogP contribution in [0, 0.1) is 12.8 Å². The number of ether oxygens (including phenoxy) is 4. The van der Waals surface area contributed by atoms with Gasteiger partial charge in [-0.1, -0.05) is 25.8 Å². The standard InChI is InChI=1S/C29H28NO5.ClH/c1-16-20-8-9-22-29(35-15-32-22)25(20)27(17(2)28(31)18-6-4-3-5-7-18)30-11-10-19-12-23-24(34-14-33-23)13-21(19)26(16)30;/h8-9,12-13,18H,2-7,10-11,14-15H2,1H3;1H/q+1;/p-1. The van der Waals surface area contributed by atoms with Crippen LogP contribution < -0.4 is 35.9 Å². The van der Waals surface area contributed by atoms with Gasteiger partial charge in [-0.15, -0.1) is 0 Å². The number of hydrogen-bond donors (Lipinski definition) is 0. The van der Waals surface area contributed by atoms with Crippen molar-refractivity contribution in [3.05, 3.63) is 47.7 Å². The first kappa shape index (κ1) is 23.2. The molecule has 0 amide bonds. The fourth-order valence-electron chi connectivity index (χ4n) is 6.35. The fraction of sp³-hybridized carbons (Fsp3) is 0.379. The van der Waals surface area contributed by atoms with Gasteiger partial charge in [-0.25, -0.2) is 0 Å². The molecule has 7 rings (SSSR count). The average Bonchev–Trinajstić information content (AvgIpc) is 3.56. The van der Waals surface area contributed by atoms with E-state index in [2.05, 4.69) is 36.3 Å². The predicted octanol–water partition coefficient (Wildman–Crippen LogP) is 2.28. The molecule has 1 aliphatic carbocycles. The summed E-state index contributed by atoms with van der Waals surface area (Å²) in [5, 5.41) is 1.98. The van der Waals surface area contributed by atoms with Gasteiger partial charge in [0.1, 0.15) is 5.39 Å². The SMILES string of the molecule is C=C(C(=O)C1CCCCC1)c1c2c3c(ccc2c(C)c2[n+]1CCc1cc4c(cc1-2)OCO4)OCO3.[Cl-]. The summed E-state index contributed by atoms with van der Waals surface area (Å²) in [4.78, 5) is 13.8. The molecule has 0 saturated heterocycles. The topological polar surface area (TPSA) is 57.9 Å². The number of halogens is 1. The smallest absolute Gasteiger partial charge is 0.231 e. The zero-order valence-electron chi connectivity index (χ0n) is 20.3. The molecule has 36 heavy (non-hydrogen) atoms. The lowest BCUT2D eigenvalue weighted by atomic mass is 9.82. The van der Waals surface area contributed by atoms with Crippen molar-refractivity contribution in [3.63, 3.8) is 0 Å². The Morgan fingerprint density at radius 3 is 2.50 bits per heavy atom. The number of aromatic nitrogens is 1. The minimum atomic E-state index is 0. The number of carbonyl (C=O) groups excluding carboxylic acids is 1. The molecule has 1 aromatic heterocycles. The van der Waals surface area contributed by atoms with Gasteiger partial charge in [-0.05, 0) is 49.6 Å². The third-order valence-corrected chi connectivity index (χ3v) is 8.09. The second kappa shape index (κ2) is 8.70. The van der Waals surface area contributed by atoms with E-state index in [4.69, 9.17) is 18.9 Å². The zero-order valence-corrected chi connectivity index (χ0v) is 21.1. The molecule has 4 heterocycles. The molecule has 3 aromatic rings. The maximum absolute atomic E-state index is 13.8. The molecule has 0 unspecified atom stereocenters. The highest BCUT2D eigenvalue weighted by molar-refractivity contribution is 6.23. The summed E-state index contributed by atoms with van der Waals surface area (Å²) >= 11 is 0. The number of nitrogens with zero attached hydrogens (tertiary/aromatic N) is 1. The molecule has 0 atom stereocenters. The van der Waals surface area contributed by atoms with Crippen LogP contribution in [0.4, 0.5) is 0 Å². The van der Waals surface area contributed by atoms with Crippen molar-refractivity contribution in [2.24, 2.45) is 5.92 Å². The van der Waals surface area contributed by atoms with Gasteiger partial charge >= 0.3 is 0 Å². The normalized spacial score (nSPS) is 17.4. The van der Waals surface area contributed by atoms with Crippen LogP contribution in [0.15, 0.2) is 30.8 Å². The molecule has 7 heteroatoms. The maximum atomic E-state index is 13.8. The Labute approximate surface area is 216 Å². The van der Waals surface area contributed by atoms with E-state index < -0.39 is 0 Å². The summed E-state index contributed by atoms with van der Waals surface area (Å²) in [5.74, 6) is 3.21. The fourth-order valence-corrected chi connectivity index (χ4v) is 6.35. The highest BCUT2D eigenvalue weighted by Crippen LogP contribution is 2.47. The number of benzene rings is 2. The lowest BCUT2D eigenvalue weighted by Gasteiger charge is -2.24. The quantitative estimate of drug-likeness (QED) is 0.404. The summed E-state index contributed by atoms with van der Waals surface area (Å²) in [6, 6.07) is 8.24. The van der Waals surface area contributed by atoms with Crippen molar-refractivity contribution in [2.75, 3.05) is 13.6 Å². The van der Waals surface area contributed by atoms with Crippen LogP contribution in [0.3, 0.4) is 0 Å². The van der Waals surface area contributed by atoms with E-state index >= 15 is 0 Å². The number of allylic oxidation sites excluding steroid dienone is 1. The van der Waals surface area contributed by atoms with E-state index in [1.807, 2.05) is 6.07 Å². The van der Waals surface area contributed by atoms with Crippen LogP contribution in [0.5, 0.6) is 23.0 Å². The minimum absolute atomic E-state index is 0. The second-order valence-electron chi connectivity index (χ2n) is 9.99. The molecule has 3 aliphatic heterocycles. The van der Waals surface area contributed by atoms with Gasteiger partial charge < -0.3 is 31.4 Å². The Bertz CT molecular complexity index is 1440. The minimum Gasteiger partial charge on any atom is -1.00 e. The first-order valence-electron chi connectivity index (χ1n) is 12.6. The van der Waals surface area contributed by atoms with E-state index in [1.54, 1.807) is 0 Å². The molecule has 0 N–H and O–H groups in total. The van der Waals surface area contributed by atoms with E-state index in [9.17, 15) is 4.79 Å². The third-order valence-electron chi connectivity index (χ3n) is 8.09. The summed E-state index contributed by atoms with van der Waals surface area (Å²) in [5.41, 5.74) is 6.03. The summed E-state index contributed by atoms with van der Waals surface area (Å²) < 4.78 is 25.4. The Hall–Kier alpha value is -3.25. The Kier molecular flexibility index (Phi) is 5.60. The number of ketones is 1. The highest BCUT2D eigenvalue weighted by Gasteiger charge is 2.39. The van der Waals surface area contributed by atoms with Crippen molar-refractivity contribution in [1.82, 2.24) is 0 Å². The number of aryl methyl sites for hydroxylation is 2. The molecule has 1 saturated carbocycles. The molecule has 1 fully saturated rings. The van der Waals surface area contributed by atoms with Crippen LogP contribution >= 0.6 is 0 Å². The Balaban J connectivity index is 0.00000240. The van der Waals surface area contributed by atoms with E-state index in [-0.39, 0.29) is 37.7 Å². The highest BCUT2D eigenvalue weighted by atomic mass is 35.5. The van der Waals surface area contributed by atoms with Crippen molar-refractivity contribution in [1.29, 1.82) is 0 Å².